The molecule has 0 radical (unpaired) electrons. The molecule has 17 heavy (non-hydrogen) atoms. The van der Waals surface area contributed by atoms with E-state index in [1.54, 1.807) is 6.92 Å². The predicted octanol–water partition coefficient (Wildman–Crippen LogP) is -0.479. The van der Waals surface area contributed by atoms with Crippen LogP contribution in [0.25, 0.3) is 0 Å². The summed E-state index contributed by atoms with van der Waals surface area (Å²) < 4.78 is 33.7. The van der Waals surface area contributed by atoms with Crippen LogP contribution in [0.3, 0.4) is 0 Å². The number of hydrogen-bond acceptors (Lipinski definition) is 6. The van der Waals surface area contributed by atoms with Crippen molar-refractivity contribution in [1.82, 2.24) is 5.32 Å². The first-order valence-electron chi connectivity index (χ1n) is 5.42. The maximum atomic E-state index is 11.7. The second kappa shape index (κ2) is 3.09. The lowest BCUT2D eigenvalue weighted by atomic mass is 9.92. The van der Waals surface area contributed by atoms with Crippen molar-refractivity contribution in [2.24, 2.45) is 5.92 Å². The predicted molar refractivity (Wildman–Crippen MR) is 57.3 cm³/mol. The highest BCUT2D eigenvalue weighted by molar-refractivity contribution is 7.87. The number of piperidine rings is 1. The average Bonchev–Trinajstić information content (AvgIpc) is 2.83. The van der Waals surface area contributed by atoms with E-state index in [0.29, 0.717) is 6.42 Å². The van der Waals surface area contributed by atoms with E-state index in [9.17, 15) is 13.2 Å². The van der Waals surface area contributed by atoms with Gasteiger partial charge < -0.3 is 4.74 Å². The monoisotopic (exact) mass is 259 g/mol. The van der Waals surface area contributed by atoms with Gasteiger partial charge in [-0.05, 0) is 13.3 Å². The molecule has 2 aliphatic heterocycles. The van der Waals surface area contributed by atoms with Gasteiger partial charge in [0.25, 0.3) is 10.1 Å². The molecule has 94 valence electrons. The molecule has 0 aromatic carbocycles. The Bertz CT molecular complexity index is 501. The highest BCUT2D eigenvalue weighted by atomic mass is 32.2. The van der Waals surface area contributed by atoms with Crippen molar-refractivity contribution in [3.05, 3.63) is 12.7 Å². The fraction of sp³-hybridized carbons (Fsp3) is 0.700. The average molecular weight is 259 g/mol. The summed E-state index contributed by atoms with van der Waals surface area (Å²) in [4.78, 5) is 11.3. The summed E-state index contributed by atoms with van der Waals surface area (Å²) in [5, 5.41) is 2.32. The molecular formula is C10H13NO5S. The van der Waals surface area contributed by atoms with Crippen LogP contribution in [-0.4, -0.2) is 37.5 Å². The van der Waals surface area contributed by atoms with Crippen molar-refractivity contribution in [2.45, 2.75) is 36.5 Å². The zero-order chi connectivity index (χ0) is 12.4. The van der Waals surface area contributed by atoms with Crippen LogP contribution in [0.4, 0.5) is 0 Å². The normalized spacial score (nSPS) is 49.2. The Balaban J connectivity index is 1.96. The van der Waals surface area contributed by atoms with Gasteiger partial charge in [-0.1, -0.05) is 6.58 Å². The van der Waals surface area contributed by atoms with E-state index >= 15 is 0 Å². The smallest absolute Gasteiger partial charge is 0.330 e. The first-order valence-corrected chi connectivity index (χ1v) is 6.89. The molecular weight excluding hydrogens is 246 g/mol. The van der Waals surface area contributed by atoms with Gasteiger partial charge in [-0.15, -0.1) is 0 Å². The Labute approximate surface area is 99.1 Å². The standard InChI is InChI=1S/C10H13NO5S/c1-3-7(12)15-10(2)6-4-5-8(10)16-17(13,14)9(5)11-6/h3,5-6,8-9,11H,1,4H2,2H3. The van der Waals surface area contributed by atoms with Crippen molar-refractivity contribution in [1.29, 1.82) is 0 Å². The minimum absolute atomic E-state index is 0.132. The maximum Gasteiger partial charge on any atom is 0.330 e. The highest BCUT2D eigenvalue weighted by Gasteiger charge is 2.70. The molecule has 1 saturated carbocycles. The number of carbonyl (C=O) groups is 1. The molecule has 0 amide bonds. The van der Waals surface area contributed by atoms with Crippen molar-refractivity contribution in [3.8, 4) is 0 Å². The molecule has 0 spiro atoms. The van der Waals surface area contributed by atoms with Gasteiger partial charge in [0.05, 0.1) is 6.04 Å². The van der Waals surface area contributed by atoms with Gasteiger partial charge in [0.1, 0.15) is 11.5 Å². The first-order chi connectivity index (χ1) is 7.88. The largest absolute Gasteiger partial charge is 0.452 e. The van der Waals surface area contributed by atoms with Crippen LogP contribution in [0, 0.1) is 5.92 Å². The topological polar surface area (TPSA) is 81.7 Å². The molecule has 5 unspecified atom stereocenters. The minimum atomic E-state index is -3.57. The van der Waals surface area contributed by atoms with Crippen LogP contribution in [0.1, 0.15) is 13.3 Å². The third-order valence-corrected chi connectivity index (χ3v) is 5.53. The van der Waals surface area contributed by atoms with E-state index in [-0.39, 0.29) is 12.0 Å². The van der Waals surface area contributed by atoms with Gasteiger partial charge in [0.2, 0.25) is 0 Å². The van der Waals surface area contributed by atoms with Crippen LogP contribution in [0.5, 0.6) is 0 Å². The lowest BCUT2D eigenvalue weighted by Crippen LogP contribution is -2.57. The molecule has 3 aliphatic rings. The molecule has 2 heterocycles. The second-order valence-electron chi connectivity index (χ2n) is 4.86. The number of rotatable bonds is 2. The van der Waals surface area contributed by atoms with Crippen LogP contribution in [0.15, 0.2) is 12.7 Å². The van der Waals surface area contributed by atoms with Crippen molar-refractivity contribution >= 4 is 16.1 Å². The second-order valence-corrected chi connectivity index (χ2v) is 6.54. The first kappa shape index (κ1) is 11.2. The van der Waals surface area contributed by atoms with Gasteiger partial charge in [0.15, 0.2) is 5.60 Å². The molecule has 7 heteroatoms. The summed E-state index contributed by atoms with van der Waals surface area (Å²) in [6, 6.07) is -0.177. The van der Waals surface area contributed by atoms with E-state index < -0.39 is 33.2 Å². The third kappa shape index (κ3) is 1.27. The summed E-state index contributed by atoms with van der Waals surface area (Å²) in [6.07, 6.45) is 1.14. The maximum absolute atomic E-state index is 11.7. The van der Waals surface area contributed by atoms with E-state index in [1.165, 1.54) is 0 Å². The Kier molecular flexibility index (Phi) is 2.04. The quantitative estimate of drug-likeness (QED) is 0.410. The fourth-order valence-electron chi connectivity index (χ4n) is 3.15. The van der Waals surface area contributed by atoms with Crippen molar-refractivity contribution in [3.63, 3.8) is 0 Å². The molecule has 2 bridgehead atoms. The Hall–Kier alpha value is -0.920. The third-order valence-electron chi connectivity index (χ3n) is 3.94. The molecule has 0 aromatic heterocycles. The van der Waals surface area contributed by atoms with Crippen molar-refractivity contribution in [2.75, 3.05) is 0 Å². The molecule has 1 aliphatic carbocycles. The van der Waals surface area contributed by atoms with E-state index in [1.807, 2.05) is 0 Å². The van der Waals surface area contributed by atoms with Gasteiger partial charge in [-0.3, -0.25) is 9.50 Å². The molecule has 0 aromatic rings. The van der Waals surface area contributed by atoms with Crippen molar-refractivity contribution < 1.29 is 22.1 Å². The summed E-state index contributed by atoms with van der Waals surface area (Å²) in [5.74, 6) is -0.695. The Morgan fingerprint density at radius 2 is 2.35 bits per heavy atom. The summed E-state index contributed by atoms with van der Waals surface area (Å²) in [6.45, 7) is 5.03. The number of esters is 1. The summed E-state index contributed by atoms with van der Waals surface area (Å²) >= 11 is 0. The molecule has 5 atom stereocenters. The Morgan fingerprint density at radius 3 is 3.00 bits per heavy atom. The van der Waals surface area contributed by atoms with E-state index in [0.717, 1.165) is 6.08 Å². The Morgan fingerprint density at radius 1 is 1.65 bits per heavy atom. The SMILES string of the molecule is C=CC(=O)OC1(C)C2CC3C1OS(=O)(=O)C3N2. The van der Waals surface area contributed by atoms with Gasteiger partial charge in [-0.2, -0.15) is 8.42 Å². The molecule has 1 N–H and O–H groups in total. The number of carbonyl (C=O) groups excluding carboxylic acids is 1. The number of fused-ring (bicyclic) bond motifs is 1. The number of hydrogen-bond donors (Lipinski definition) is 1. The molecule has 3 rings (SSSR count). The minimum Gasteiger partial charge on any atom is -0.452 e. The summed E-state index contributed by atoms with van der Waals surface area (Å²) in [5.41, 5.74) is -0.935. The number of ether oxygens (including phenoxy) is 1. The zero-order valence-corrected chi connectivity index (χ0v) is 10.1. The lowest BCUT2D eigenvalue weighted by Gasteiger charge is -2.36. The zero-order valence-electron chi connectivity index (χ0n) is 9.25. The lowest BCUT2D eigenvalue weighted by molar-refractivity contribution is -0.163. The molecule has 3 fully saturated rings. The highest BCUT2D eigenvalue weighted by Crippen LogP contribution is 2.52. The van der Waals surface area contributed by atoms with Gasteiger partial charge >= 0.3 is 5.97 Å². The molecule has 2 saturated heterocycles. The molecule has 6 nitrogen and oxygen atoms in total. The number of nitrogens with one attached hydrogen (secondary N) is 1. The van der Waals surface area contributed by atoms with E-state index in [2.05, 4.69) is 11.9 Å². The van der Waals surface area contributed by atoms with Gasteiger partial charge in [0, 0.05) is 12.0 Å². The van der Waals surface area contributed by atoms with Crippen LogP contribution >= 0.6 is 0 Å². The van der Waals surface area contributed by atoms with Gasteiger partial charge in [-0.25, -0.2) is 4.79 Å². The van der Waals surface area contributed by atoms with Crippen LogP contribution < -0.4 is 5.32 Å². The van der Waals surface area contributed by atoms with E-state index in [4.69, 9.17) is 8.92 Å². The fourth-order valence-corrected chi connectivity index (χ4v) is 4.90. The summed E-state index contributed by atoms with van der Waals surface area (Å²) in [7, 11) is -3.57. The van der Waals surface area contributed by atoms with Crippen LogP contribution in [0.2, 0.25) is 0 Å². The van der Waals surface area contributed by atoms with Crippen LogP contribution in [-0.2, 0) is 23.8 Å².